The van der Waals surface area contributed by atoms with Crippen LogP contribution in [0.4, 0.5) is 0 Å². The van der Waals surface area contributed by atoms with Gasteiger partial charge in [-0.05, 0) is 36.6 Å². The molecule has 0 aliphatic heterocycles. The van der Waals surface area contributed by atoms with Crippen LogP contribution in [0.3, 0.4) is 0 Å². The van der Waals surface area contributed by atoms with Gasteiger partial charge in [-0.1, -0.05) is 50.2 Å². The lowest BCUT2D eigenvalue weighted by Gasteiger charge is -2.23. The van der Waals surface area contributed by atoms with Gasteiger partial charge >= 0.3 is 0 Å². The summed E-state index contributed by atoms with van der Waals surface area (Å²) in [6.07, 6.45) is 1.57. The van der Waals surface area contributed by atoms with Crippen molar-refractivity contribution in [3.05, 3.63) is 77.1 Å². The summed E-state index contributed by atoms with van der Waals surface area (Å²) in [5.74, 6) is -0.326. The van der Waals surface area contributed by atoms with Crippen molar-refractivity contribution in [2.24, 2.45) is 5.92 Å². The molecule has 2 aromatic heterocycles. The maximum atomic E-state index is 13.1. The molecular formula is C25H25N3O3S. The fraction of sp³-hybridized carbons (Fsp3) is 0.240. The number of carbonyl (C=O) groups is 2. The number of benzene rings is 2. The number of thiazole rings is 1. The van der Waals surface area contributed by atoms with E-state index < -0.39 is 0 Å². The van der Waals surface area contributed by atoms with E-state index in [2.05, 4.69) is 15.6 Å². The maximum Gasteiger partial charge on any atom is 0.271 e. The third kappa shape index (κ3) is 4.57. The molecule has 2 N–H and O–H groups in total. The second kappa shape index (κ2) is 9.36. The van der Waals surface area contributed by atoms with E-state index in [1.165, 1.54) is 11.3 Å². The molecule has 0 aliphatic carbocycles. The molecule has 164 valence electrons. The molecule has 0 spiro atoms. The predicted octanol–water partition coefficient (Wildman–Crippen LogP) is 5.05. The van der Waals surface area contributed by atoms with E-state index in [-0.39, 0.29) is 23.8 Å². The number of amides is 2. The monoisotopic (exact) mass is 447 g/mol. The first-order chi connectivity index (χ1) is 15.4. The molecule has 1 atom stereocenters. The van der Waals surface area contributed by atoms with Crippen LogP contribution in [-0.4, -0.2) is 29.4 Å². The number of aryl methyl sites for hydroxylation is 1. The van der Waals surface area contributed by atoms with Gasteiger partial charge in [0.25, 0.3) is 11.8 Å². The SMILES string of the molecule is Cc1nc(C(=O)NC(CNC(=O)c2cccc3occc23)C(C)C)c(-c2ccccc2)s1. The molecule has 0 aliphatic rings. The average Bonchev–Trinajstić information content (AvgIpc) is 3.43. The zero-order valence-electron chi connectivity index (χ0n) is 18.2. The zero-order valence-corrected chi connectivity index (χ0v) is 19.0. The summed E-state index contributed by atoms with van der Waals surface area (Å²) in [7, 11) is 0. The highest BCUT2D eigenvalue weighted by Gasteiger charge is 2.23. The van der Waals surface area contributed by atoms with Crippen LogP contribution in [0.25, 0.3) is 21.4 Å². The number of fused-ring (bicyclic) bond motifs is 1. The molecule has 7 heteroatoms. The molecule has 32 heavy (non-hydrogen) atoms. The summed E-state index contributed by atoms with van der Waals surface area (Å²) < 4.78 is 5.38. The van der Waals surface area contributed by atoms with E-state index in [9.17, 15) is 9.59 Å². The molecule has 2 amide bonds. The third-order valence-corrected chi connectivity index (χ3v) is 6.35. The standard InChI is InChI=1S/C25H25N3O3S/c1-15(2)20(14-26-24(29)19-10-7-11-21-18(19)12-13-31-21)28-25(30)22-23(32-16(3)27-22)17-8-5-4-6-9-17/h4-13,15,20H,14H2,1-3H3,(H,26,29)(H,28,30). The minimum atomic E-state index is -0.249. The Bertz CT molecular complexity index is 1240. The predicted molar refractivity (Wildman–Crippen MR) is 127 cm³/mol. The van der Waals surface area contributed by atoms with Gasteiger partial charge < -0.3 is 15.1 Å². The molecule has 0 fully saturated rings. The van der Waals surface area contributed by atoms with Gasteiger partial charge in [0.05, 0.1) is 21.7 Å². The quantitative estimate of drug-likeness (QED) is 0.415. The Morgan fingerprint density at radius 2 is 1.81 bits per heavy atom. The van der Waals surface area contributed by atoms with Gasteiger partial charge in [0.2, 0.25) is 0 Å². The van der Waals surface area contributed by atoms with Crippen molar-refractivity contribution >= 4 is 34.1 Å². The van der Waals surface area contributed by atoms with Crippen LogP contribution in [0.1, 0.15) is 39.7 Å². The van der Waals surface area contributed by atoms with E-state index in [4.69, 9.17) is 4.42 Å². The van der Waals surface area contributed by atoms with Gasteiger partial charge in [-0.15, -0.1) is 11.3 Å². The van der Waals surface area contributed by atoms with Gasteiger partial charge in [0, 0.05) is 18.0 Å². The fourth-order valence-electron chi connectivity index (χ4n) is 3.55. The Hall–Kier alpha value is -3.45. The molecular weight excluding hydrogens is 422 g/mol. The lowest BCUT2D eigenvalue weighted by atomic mass is 10.0. The normalized spacial score (nSPS) is 12.1. The Morgan fingerprint density at radius 1 is 1.03 bits per heavy atom. The number of carbonyl (C=O) groups excluding carboxylic acids is 2. The summed E-state index contributed by atoms with van der Waals surface area (Å²) >= 11 is 1.50. The smallest absolute Gasteiger partial charge is 0.271 e. The lowest BCUT2D eigenvalue weighted by molar-refractivity contribution is 0.0895. The highest BCUT2D eigenvalue weighted by atomic mass is 32.1. The third-order valence-electron chi connectivity index (χ3n) is 5.33. The van der Waals surface area contributed by atoms with E-state index in [1.807, 2.05) is 57.2 Å². The number of hydrogen-bond donors (Lipinski definition) is 2. The van der Waals surface area contributed by atoms with Crippen molar-refractivity contribution in [3.8, 4) is 10.4 Å². The number of aromatic nitrogens is 1. The van der Waals surface area contributed by atoms with Crippen LogP contribution >= 0.6 is 11.3 Å². The van der Waals surface area contributed by atoms with Crippen LogP contribution < -0.4 is 10.6 Å². The van der Waals surface area contributed by atoms with Crippen LogP contribution in [0.15, 0.2) is 65.3 Å². The van der Waals surface area contributed by atoms with E-state index >= 15 is 0 Å². The summed E-state index contributed by atoms with van der Waals surface area (Å²) in [5.41, 5.74) is 2.59. The average molecular weight is 448 g/mol. The molecule has 1 unspecified atom stereocenters. The number of rotatable bonds is 7. The van der Waals surface area contributed by atoms with Crippen LogP contribution in [0, 0.1) is 12.8 Å². The Morgan fingerprint density at radius 3 is 2.56 bits per heavy atom. The molecule has 0 saturated heterocycles. The van der Waals surface area contributed by atoms with Crippen molar-refractivity contribution in [3.63, 3.8) is 0 Å². The topological polar surface area (TPSA) is 84.2 Å². The summed E-state index contributed by atoms with van der Waals surface area (Å²) in [4.78, 5) is 31.3. The molecule has 0 radical (unpaired) electrons. The second-order valence-corrected chi connectivity index (χ2v) is 9.15. The molecule has 2 heterocycles. The Kier molecular flexibility index (Phi) is 6.37. The van der Waals surface area contributed by atoms with Crippen molar-refractivity contribution < 1.29 is 14.0 Å². The summed E-state index contributed by atoms with van der Waals surface area (Å²) in [6.45, 7) is 6.22. The Balaban J connectivity index is 1.48. The molecule has 0 bridgehead atoms. The maximum absolute atomic E-state index is 13.1. The van der Waals surface area contributed by atoms with E-state index in [0.717, 1.165) is 20.8 Å². The highest BCUT2D eigenvalue weighted by molar-refractivity contribution is 7.15. The molecule has 2 aromatic carbocycles. The van der Waals surface area contributed by atoms with Crippen LogP contribution in [0.5, 0.6) is 0 Å². The first kappa shape index (κ1) is 21.8. The van der Waals surface area contributed by atoms with Gasteiger partial charge in [0.1, 0.15) is 11.3 Å². The van der Waals surface area contributed by atoms with Gasteiger partial charge in [-0.2, -0.15) is 0 Å². The first-order valence-electron chi connectivity index (χ1n) is 10.5. The largest absolute Gasteiger partial charge is 0.464 e. The summed E-state index contributed by atoms with van der Waals surface area (Å²) in [6, 6.07) is 16.7. The van der Waals surface area contributed by atoms with E-state index in [0.29, 0.717) is 23.4 Å². The van der Waals surface area contributed by atoms with Gasteiger partial charge in [0.15, 0.2) is 0 Å². The van der Waals surface area contributed by atoms with Crippen molar-refractivity contribution in [1.29, 1.82) is 0 Å². The molecule has 4 aromatic rings. The first-order valence-corrected chi connectivity index (χ1v) is 11.3. The number of furan rings is 1. The van der Waals surface area contributed by atoms with Gasteiger partial charge in [-0.3, -0.25) is 9.59 Å². The number of hydrogen-bond acceptors (Lipinski definition) is 5. The molecule has 4 rings (SSSR count). The molecule has 6 nitrogen and oxygen atoms in total. The summed E-state index contributed by atoms with van der Waals surface area (Å²) in [5, 5.41) is 7.62. The Labute approximate surface area is 190 Å². The van der Waals surface area contributed by atoms with E-state index in [1.54, 1.807) is 24.5 Å². The number of nitrogens with one attached hydrogen (secondary N) is 2. The minimum Gasteiger partial charge on any atom is -0.464 e. The zero-order chi connectivity index (χ0) is 22.7. The van der Waals surface area contributed by atoms with Crippen molar-refractivity contribution in [2.75, 3.05) is 6.54 Å². The van der Waals surface area contributed by atoms with Crippen LogP contribution in [0.2, 0.25) is 0 Å². The minimum absolute atomic E-state index is 0.115. The van der Waals surface area contributed by atoms with Crippen molar-refractivity contribution in [2.45, 2.75) is 26.8 Å². The fourth-order valence-corrected chi connectivity index (χ4v) is 4.47. The number of nitrogens with zero attached hydrogens (tertiary/aromatic N) is 1. The molecule has 0 saturated carbocycles. The second-order valence-electron chi connectivity index (χ2n) is 7.95. The van der Waals surface area contributed by atoms with Gasteiger partial charge in [-0.25, -0.2) is 4.98 Å². The lowest BCUT2D eigenvalue weighted by Crippen LogP contribution is -2.46. The van der Waals surface area contributed by atoms with Crippen molar-refractivity contribution in [1.82, 2.24) is 15.6 Å². The highest BCUT2D eigenvalue weighted by Crippen LogP contribution is 2.30. The van der Waals surface area contributed by atoms with Crippen LogP contribution in [-0.2, 0) is 0 Å².